The number of aromatic nitrogens is 3. The molecular weight excluding hydrogens is 332 g/mol. The summed E-state index contributed by atoms with van der Waals surface area (Å²) in [7, 11) is 1.86. The predicted octanol–water partition coefficient (Wildman–Crippen LogP) is 2.83. The van der Waals surface area contributed by atoms with Crippen molar-refractivity contribution in [3.8, 4) is 0 Å². The van der Waals surface area contributed by atoms with Gasteiger partial charge in [-0.25, -0.2) is 4.98 Å². The van der Waals surface area contributed by atoms with E-state index in [-0.39, 0.29) is 17.4 Å². The van der Waals surface area contributed by atoms with E-state index in [0.29, 0.717) is 12.2 Å². The van der Waals surface area contributed by atoms with Crippen LogP contribution in [0.2, 0.25) is 0 Å². The highest BCUT2D eigenvalue weighted by molar-refractivity contribution is 9.10. The molecule has 0 aliphatic carbocycles. The number of hydrogen-bond acceptors (Lipinski definition) is 2. The number of amides is 1. The zero-order valence-corrected chi connectivity index (χ0v) is 14.4. The van der Waals surface area contributed by atoms with Crippen LogP contribution in [0.25, 0.3) is 0 Å². The highest BCUT2D eigenvalue weighted by Gasteiger charge is 2.27. The Hall–Kier alpha value is -1.56. The molecule has 21 heavy (non-hydrogen) atoms. The fourth-order valence-electron chi connectivity index (χ4n) is 2.12. The predicted molar refractivity (Wildman–Crippen MR) is 86.0 cm³/mol. The van der Waals surface area contributed by atoms with E-state index in [4.69, 9.17) is 0 Å². The molecule has 2 rings (SSSR count). The Morgan fingerprint density at radius 1 is 1.48 bits per heavy atom. The van der Waals surface area contributed by atoms with E-state index in [1.807, 2.05) is 34.6 Å². The second-order valence-electron chi connectivity index (χ2n) is 6.31. The lowest BCUT2D eigenvalue weighted by atomic mass is 9.86. The molecule has 0 saturated heterocycles. The molecule has 114 valence electrons. The minimum atomic E-state index is -0.0664. The van der Waals surface area contributed by atoms with Crippen molar-refractivity contribution < 1.29 is 4.79 Å². The summed E-state index contributed by atoms with van der Waals surface area (Å²) < 4.78 is 4.70. The smallest absolute Gasteiger partial charge is 0.268 e. The van der Waals surface area contributed by atoms with Crippen molar-refractivity contribution in [2.24, 2.45) is 12.5 Å². The summed E-state index contributed by atoms with van der Waals surface area (Å²) in [6.07, 6.45) is 7.29. The van der Waals surface area contributed by atoms with Crippen molar-refractivity contribution in [3.05, 3.63) is 41.2 Å². The molecule has 0 spiro atoms. The van der Waals surface area contributed by atoms with Gasteiger partial charge in [-0.1, -0.05) is 20.8 Å². The van der Waals surface area contributed by atoms with Crippen LogP contribution in [0.1, 0.15) is 31.3 Å². The van der Waals surface area contributed by atoms with Gasteiger partial charge >= 0.3 is 0 Å². The zero-order chi connectivity index (χ0) is 15.6. The molecule has 0 aromatic carbocycles. The summed E-state index contributed by atoms with van der Waals surface area (Å²) in [5.74, 6) is -0.0664. The minimum absolute atomic E-state index is 0.00729. The Morgan fingerprint density at radius 2 is 2.19 bits per heavy atom. The van der Waals surface area contributed by atoms with Gasteiger partial charge < -0.3 is 14.5 Å². The van der Waals surface area contributed by atoms with E-state index in [9.17, 15) is 4.79 Å². The number of nitrogens with one attached hydrogen (secondary N) is 1. The van der Waals surface area contributed by atoms with Gasteiger partial charge in [0.2, 0.25) is 0 Å². The van der Waals surface area contributed by atoms with Gasteiger partial charge in [0.25, 0.3) is 5.91 Å². The van der Waals surface area contributed by atoms with Gasteiger partial charge in [-0.2, -0.15) is 0 Å². The average Bonchev–Trinajstić information content (AvgIpc) is 2.96. The van der Waals surface area contributed by atoms with E-state index in [0.717, 1.165) is 4.47 Å². The van der Waals surface area contributed by atoms with Crippen LogP contribution < -0.4 is 5.32 Å². The van der Waals surface area contributed by atoms with Crippen molar-refractivity contribution in [2.75, 3.05) is 0 Å². The summed E-state index contributed by atoms with van der Waals surface area (Å²) in [6.45, 7) is 7.06. The van der Waals surface area contributed by atoms with Crippen LogP contribution in [0.5, 0.6) is 0 Å². The summed E-state index contributed by atoms with van der Waals surface area (Å²) in [6, 6.07) is 1.83. The van der Waals surface area contributed by atoms with E-state index in [2.05, 4.69) is 47.0 Å². The first kappa shape index (κ1) is 15.8. The van der Waals surface area contributed by atoms with Crippen LogP contribution in [0.15, 0.2) is 35.5 Å². The van der Waals surface area contributed by atoms with Gasteiger partial charge in [-0.15, -0.1) is 0 Å². The molecular formula is C15H21BrN4O. The molecule has 1 amide bonds. The Kier molecular flexibility index (Phi) is 4.56. The molecule has 1 N–H and O–H groups in total. The largest absolute Gasteiger partial charge is 0.346 e. The molecule has 1 atom stereocenters. The molecule has 0 aliphatic rings. The van der Waals surface area contributed by atoms with E-state index >= 15 is 0 Å². The van der Waals surface area contributed by atoms with Crippen LogP contribution in [0.3, 0.4) is 0 Å². The van der Waals surface area contributed by atoms with Gasteiger partial charge in [0, 0.05) is 36.7 Å². The number of aryl methyl sites for hydroxylation is 1. The topological polar surface area (TPSA) is 51.9 Å². The lowest BCUT2D eigenvalue weighted by Gasteiger charge is -2.31. The maximum atomic E-state index is 12.5. The molecule has 0 radical (unpaired) electrons. The van der Waals surface area contributed by atoms with Gasteiger partial charge in [-0.3, -0.25) is 4.79 Å². The van der Waals surface area contributed by atoms with Crippen molar-refractivity contribution >= 4 is 21.8 Å². The van der Waals surface area contributed by atoms with Gasteiger partial charge in [0.1, 0.15) is 5.69 Å². The average molecular weight is 353 g/mol. The minimum Gasteiger partial charge on any atom is -0.346 e. The second-order valence-corrected chi connectivity index (χ2v) is 7.22. The number of carbonyl (C=O) groups excluding carboxylic acids is 1. The Bertz CT molecular complexity index is 610. The van der Waals surface area contributed by atoms with Gasteiger partial charge in [0.05, 0.1) is 12.4 Å². The number of nitrogens with zero attached hydrogens (tertiary/aromatic N) is 3. The Labute approximate surface area is 133 Å². The van der Waals surface area contributed by atoms with Crippen molar-refractivity contribution in [2.45, 2.75) is 33.4 Å². The number of hydrogen-bond donors (Lipinski definition) is 1. The number of rotatable bonds is 4. The first-order valence-corrected chi connectivity index (χ1v) is 7.65. The summed E-state index contributed by atoms with van der Waals surface area (Å²) in [5.41, 5.74) is 0.587. The van der Waals surface area contributed by atoms with Crippen LogP contribution in [-0.2, 0) is 13.6 Å². The highest BCUT2D eigenvalue weighted by Crippen LogP contribution is 2.22. The first-order chi connectivity index (χ1) is 9.77. The Balaban J connectivity index is 2.15. The maximum Gasteiger partial charge on any atom is 0.268 e. The maximum absolute atomic E-state index is 12.5. The molecule has 1 unspecified atom stereocenters. The zero-order valence-electron chi connectivity index (χ0n) is 12.8. The normalized spacial score (nSPS) is 13.2. The second kappa shape index (κ2) is 6.05. The third kappa shape index (κ3) is 3.97. The monoisotopic (exact) mass is 352 g/mol. The lowest BCUT2D eigenvalue weighted by Crippen LogP contribution is -2.46. The third-order valence-electron chi connectivity index (χ3n) is 3.51. The SMILES string of the molecule is Cn1cc(Br)cc1C(=O)NC(Cn1ccnc1)C(C)(C)C. The Morgan fingerprint density at radius 3 is 2.67 bits per heavy atom. The first-order valence-electron chi connectivity index (χ1n) is 6.86. The molecule has 5 nitrogen and oxygen atoms in total. The van der Waals surface area contributed by atoms with Crippen LogP contribution in [0.4, 0.5) is 0 Å². The van der Waals surface area contributed by atoms with Crippen molar-refractivity contribution in [3.63, 3.8) is 0 Å². The molecule has 0 fully saturated rings. The van der Waals surface area contributed by atoms with E-state index in [1.54, 1.807) is 12.5 Å². The molecule has 2 heterocycles. The van der Waals surface area contributed by atoms with Crippen molar-refractivity contribution in [1.82, 2.24) is 19.4 Å². The van der Waals surface area contributed by atoms with Gasteiger partial charge in [0.15, 0.2) is 0 Å². The van der Waals surface area contributed by atoms with E-state index < -0.39 is 0 Å². The summed E-state index contributed by atoms with van der Waals surface area (Å²) in [4.78, 5) is 16.5. The number of imidazole rings is 1. The molecule has 0 bridgehead atoms. The molecule has 6 heteroatoms. The van der Waals surface area contributed by atoms with E-state index in [1.165, 1.54) is 0 Å². The summed E-state index contributed by atoms with van der Waals surface area (Å²) in [5, 5.41) is 3.14. The summed E-state index contributed by atoms with van der Waals surface area (Å²) >= 11 is 3.39. The van der Waals surface area contributed by atoms with Crippen LogP contribution in [0, 0.1) is 5.41 Å². The fraction of sp³-hybridized carbons (Fsp3) is 0.467. The molecule has 2 aromatic heterocycles. The number of carbonyl (C=O) groups is 1. The van der Waals surface area contributed by atoms with Crippen LogP contribution >= 0.6 is 15.9 Å². The third-order valence-corrected chi connectivity index (χ3v) is 3.94. The van der Waals surface area contributed by atoms with Gasteiger partial charge in [-0.05, 0) is 27.4 Å². The fourth-order valence-corrected chi connectivity index (χ4v) is 2.65. The molecule has 2 aromatic rings. The van der Waals surface area contributed by atoms with Crippen LogP contribution in [-0.4, -0.2) is 26.1 Å². The molecule has 0 saturated carbocycles. The quantitative estimate of drug-likeness (QED) is 0.919. The van der Waals surface area contributed by atoms with Crippen molar-refractivity contribution in [1.29, 1.82) is 0 Å². The molecule has 0 aliphatic heterocycles. The standard InChI is InChI=1S/C15H21BrN4O/c1-15(2,3)13(9-20-6-5-17-10-20)18-14(21)12-7-11(16)8-19(12)4/h5-8,10,13H,9H2,1-4H3,(H,18,21). The lowest BCUT2D eigenvalue weighted by molar-refractivity contribution is 0.0884. The number of halogens is 1. The highest BCUT2D eigenvalue weighted by atomic mass is 79.9.